The second kappa shape index (κ2) is 4.33. The van der Waals surface area contributed by atoms with Gasteiger partial charge in [-0.15, -0.1) is 0 Å². The first kappa shape index (κ1) is 12.8. The van der Waals surface area contributed by atoms with Crippen molar-refractivity contribution in [1.82, 2.24) is 4.72 Å². The van der Waals surface area contributed by atoms with Crippen LogP contribution in [0.5, 0.6) is 0 Å². The van der Waals surface area contributed by atoms with Crippen LogP contribution in [0.4, 0.5) is 0 Å². The molecule has 0 heterocycles. The lowest BCUT2D eigenvalue weighted by Crippen LogP contribution is -2.39. The maximum atomic E-state index is 11.1. The van der Waals surface area contributed by atoms with Crippen molar-refractivity contribution >= 4 is 44.8 Å². The number of hydrogen-bond acceptors (Lipinski definition) is 2. The second-order valence-electron chi connectivity index (χ2n) is 2.38. The van der Waals surface area contributed by atoms with Crippen molar-refractivity contribution in [2.45, 2.75) is 29.4 Å². The smallest absolute Gasteiger partial charge is 0.209 e. The molecule has 0 fully saturated rings. The molecule has 0 spiro atoms. The maximum absolute atomic E-state index is 11.1. The minimum atomic E-state index is -3.86. The van der Waals surface area contributed by atoms with E-state index in [-0.39, 0.29) is 6.04 Å². The van der Waals surface area contributed by atoms with Gasteiger partial charge in [-0.2, -0.15) is 0 Å². The average Bonchev–Trinajstić information content (AvgIpc) is 1.84. The molecule has 0 saturated carbocycles. The molecule has 0 saturated heterocycles. The molecule has 0 aliphatic carbocycles. The molecule has 12 heavy (non-hydrogen) atoms. The van der Waals surface area contributed by atoms with Gasteiger partial charge in [-0.25, -0.2) is 13.1 Å². The topological polar surface area (TPSA) is 46.2 Å². The van der Waals surface area contributed by atoms with Crippen molar-refractivity contribution in [2.24, 2.45) is 0 Å². The van der Waals surface area contributed by atoms with Crippen molar-refractivity contribution in [1.29, 1.82) is 0 Å². The Bertz CT molecular complexity index is 234. The third kappa shape index (κ3) is 3.66. The zero-order chi connectivity index (χ0) is 9.99. The summed E-state index contributed by atoms with van der Waals surface area (Å²) < 4.78 is 22.2. The Kier molecular flexibility index (Phi) is 4.61. The van der Waals surface area contributed by atoms with E-state index in [4.69, 9.17) is 34.8 Å². The average molecular weight is 255 g/mol. The van der Waals surface area contributed by atoms with Gasteiger partial charge in [0, 0.05) is 6.04 Å². The van der Waals surface area contributed by atoms with E-state index in [1.807, 2.05) is 6.92 Å². The number of halogens is 3. The first-order chi connectivity index (χ1) is 5.20. The fourth-order valence-electron chi connectivity index (χ4n) is 0.415. The predicted octanol–water partition coefficient (Wildman–Crippen LogP) is 2.03. The summed E-state index contributed by atoms with van der Waals surface area (Å²) in [6.07, 6.45) is 0.639. The van der Waals surface area contributed by atoms with Crippen LogP contribution in [0.15, 0.2) is 0 Å². The van der Waals surface area contributed by atoms with Crippen molar-refractivity contribution < 1.29 is 8.42 Å². The van der Waals surface area contributed by atoms with Crippen LogP contribution in [0.25, 0.3) is 0 Å². The van der Waals surface area contributed by atoms with Crippen LogP contribution in [0.3, 0.4) is 0 Å². The summed E-state index contributed by atoms with van der Waals surface area (Å²) in [4.78, 5) is 0. The Labute approximate surface area is 87.4 Å². The highest BCUT2D eigenvalue weighted by atomic mass is 35.6. The Morgan fingerprint density at radius 1 is 1.42 bits per heavy atom. The van der Waals surface area contributed by atoms with E-state index in [0.29, 0.717) is 6.42 Å². The van der Waals surface area contributed by atoms with Crippen molar-refractivity contribution in [3.05, 3.63) is 0 Å². The summed E-state index contributed by atoms with van der Waals surface area (Å²) in [6.45, 7) is 3.51. The van der Waals surface area contributed by atoms with Crippen LogP contribution < -0.4 is 4.72 Å². The molecular formula is C5H10Cl3NO2S. The molecule has 0 amide bonds. The molecule has 0 bridgehead atoms. The molecule has 3 nitrogen and oxygen atoms in total. The lowest BCUT2D eigenvalue weighted by atomic mass is 10.3. The SMILES string of the molecule is CCC(C)NS(=O)(=O)C(Cl)(Cl)Cl. The molecule has 0 rings (SSSR count). The van der Waals surface area contributed by atoms with Gasteiger partial charge in [-0.1, -0.05) is 41.7 Å². The largest absolute Gasteiger partial charge is 0.306 e. The molecule has 0 aromatic carbocycles. The second-order valence-corrected chi connectivity index (χ2v) is 7.18. The van der Waals surface area contributed by atoms with E-state index in [9.17, 15) is 8.42 Å². The van der Waals surface area contributed by atoms with E-state index < -0.39 is 13.1 Å². The van der Waals surface area contributed by atoms with E-state index in [0.717, 1.165) is 0 Å². The quantitative estimate of drug-likeness (QED) is 0.784. The van der Waals surface area contributed by atoms with Crippen LogP contribution in [0.2, 0.25) is 0 Å². The molecule has 7 heteroatoms. The summed E-state index contributed by atoms with van der Waals surface area (Å²) in [5, 5.41) is 0. The lowest BCUT2D eigenvalue weighted by Gasteiger charge is -2.16. The minimum Gasteiger partial charge on any atom is -0.209 e. The minimum absolute atomic E-state index is 0.231. The van der Waals surface area contributed by atoms with E-state index in [1.165, 1.54) is 0 Å². The van der Waals surface area contributed by atoms with Crippen LogP contribution in [0, 0.1) is 0 Å². The Morgan fingerprint density at radius 2 is 1.83 bits per heavy atom. The summed E-state index contributed by atoms with van der Waals surface area (Å²) in [5.74, 6) is 0. The van der Waals surface area contributed by atoms with E-state index in [1.54, 1.807) is 6.92 Å². The first-order valence-corrected chi connectivity index (χ1v) is 5.91. The third-order valence-electron chi connectivity index (χ3n) is 1.27. The molecule has 0 radical (unpaired) electrons. The molecule has 1 N–H and O–H groups in total. The van der Waals surface area contributed by atoms with Gasteiger partial charge in [0.05, 0.1) is 0 Å². The summed E-state index contributed by atoms with van der Waals surface area (Å²) in [6, 6.07) is -0.231. The number of sulfonamides is 1. The predicted molar refractivity (Wildman–Crippen MR) is 52.1 cm³/mol. The summed E-state index contributed by atoms with van der Waals surface area (Å²) in [5.41, 5.74) is 0. The van der Waals surface area contributed by atoms with Crippen molar-refractivity contribution in [3.63, 3.8) is 0 Å². The third-order valence-corrected chi connectivity index (χ3v) is 4.42. The normalized spacial score (nSPS) is 16.1. The number of alkyl halides is 3. The van der Waals surface area contributed by atoms with E-state index >= 15 is 0 Å². The fourth-order valence-corrected chi connectivity index (χ4v) is 1.65. The molecule has 0 aromatic heterocycles. The highest BCUT2D eigenvalue weighted by Gasteiger charge is 2.38. The van der Waals surface area contributed by atoms with Gasteiger partial charge in [-0.3, -0.25) is 0 Å². The number of hydrogen-bond donors (Lipinski definition) is 1. The van der Waals surface area contributed by atoms with Gasteiger partial charge in [-0.05, 0) is 13.3 Å². The highest BCUT2D eigenvalue weighted by molar-refractivity contribution is 7.95. The zero-order valence-corrected chi connectivity index (χ0v) is 9.73. The molecular weight excluding hydrogens is 244 g/mol. The van der Waals surface area contributed by atoms with Gasteiger partial charge in [0.15, 0.2) is 0 Å². The van der Waals surface area contributed by atoms with Gasteiger partial charge in [0.2, 0.25) is 0 Å². The zero-order valence-electron chi connectivity index (χ0n) is 6.64. The molecule has 0 aliphatic rings. The molecule has 0 aliphatic heterocycles. The summed E-state index contributed by atoms with van der Waals surface area (Å²) >= 11 is 15.6. The Hall–Kier alpha value is 0.780. The Morgan fingerprint density at radius 3 is 2.08 bits per heavy atom. The summed E-state index contributed by atoms with van der Waals surface area (Å²) in [7, 11) is -3.86. The first-order valence-electron chi connectivity index (χ1n) is 3.29. The monoisotopic (exact) mass is 253 g/mol. The number of nitrogens with one attached hydrogen (secondary N) is 1. The molecule has 1 atom stereocenters. The van der Waals surface area contributed by atoms with Gasteiger partial charge < -0.3 is 0 Å². The van der Waals surface area contributed by atoms with Crippen molar-refractivity contribution in [3.8, 4) is 0 Å². The van der Waals surface area contributed by atoms with Crippen LogP contribution in [-0.2, 0) is 10.0 Å². The van der Waals surface area contributed by atoms with Gasteiger partial charge in [0.25, 0.3) is 10.0 Å². The van der Waals surface area contributed by atoms with Crippen LogP contribution in [-0.4, -0.2) is 17.6 Å². The van der Waals surface area contributed by atoms with Gasteiger partial charge >= 0.3 is 3.12 Å². The molecule has 1 unspecified atom stereocenters. The number of rotatable bonds is 3. The van der Waals surface area contributed by atoms with Gasteiger partial charge in [0.1, 0.15) is 0 Å². The standard InChI is InChI=1S/C5H10Cl3NO2S/c1-3-4(2)9-12(10,11)5(6,7)8/h4,9H,3H2,1-2H3. The Balaban J connectivity index is 4.46. The fraction of sp³-hybridized carbons (Fsp3) is 1.00. The molecule has 0 aromatic rings. The lowest BCUT2D eigenvalue weighted by molar-refractivity contribution is 0.556. The molecule has 74 valence electrons. The van der Waals surface area contributed by atoms with Crippen molar-refractivity contribution in [2.75, 3.05) is 0 Å². The van der Waals surface area contributed by atoms with Crippen LogP contribution in [0.1, 0.15) is 20.3 Å². The van der Waals surface area contributed by atoms with E-state index in [2.05, 4.69) is 4.72 Å². The van der Waals surface area contributed by atoms with Crippen LogP contribution >= 0.6 is 34.8 Å². The maximum Gasteiger partial charge on any atom is 0.306 e. The highest BCUT2D eigenvalue weighted by Crippen LogP contribution is 2.31.